The van der Waals surface area contributed by atoms with Crippen LogP contribution in [-0.4, -0.2) is 65.5 Å². The van der Waals surface area contributed by atoms with Crippen LogP contribution in [0.2, 0.25) is 0 Å². The van der Waals surface area contributed by atoms with Gasteiger partial charge in [0, 0.05) is 49.1 Å². The lowest BCUT2D eigenvalue weighted by Gasteiger charge is -2.38. The molecule has 2 amide bonds. The molecule has 2 fully saturated rings. The predicted molar refractivity (Wildman–Crippen MR) is 115 cm³/mol. The van der Waals surface area contributed by atoms with E-state index in [1.807, 2.05) is 48.5 Å². The molecule has 3 heterocycles. The van der Waals surface area contributed by atoms with E-state index in [1.54, 1.807) is 9.80 Å². The van der Waals surface area contributed by atoms with Crippen LogP contribution in [0.25, 0.3) is 22.0 Å². The monoisotopic (exact) mass is 414 g/mol. The molecule has 2 saturated heterocycles. The molecule has 0 saturated carbocycles. The minimum absolute atomic E-state index is 0.0155. The summed E-state index contributed by atoms with van der Waals surface area (Å²) < 4.78 is 5.28. The van der Waals surface area contributed by atoms with Gasteiger partial charge in [-0.2, -0.15) is 5.26 Å². The maximum Gasteiger partial charge on any atom is 0.253 e. The Balaban J connectivity index is 1.25. The van der Waals surface area contributed by atoms with Crippen LogP contribution in [0.4, 0.5) is 0 Å². The lowest BCUT2D eigenvalue weighted by molar-refractivity contribution is -0.157. The standard InChI is InChI=1S/C24H22N4O3/c25-15-20-14-19-13-18(5-6-21(19)26-20)16-1-3-17(4-2-16)23(29)27-8-10-28(11-9-27)24(30)22-7-12-31-22/h1-6,13-14,22,26H,7-12H2. The van der Waals surface area contributed by atoms with Crippen molar-refractivity contribution in [2.75, 3.05) is 32.8 Å². The summed E-state index contributed by atoms with van der Waals surface area (Å²) in [7, 11) is 0. The molecule has 7 heteroatoms. The van der Waals surface area contributed by atoms with Crippen LogP contribution in [0.3, 0.4) is 0 Å². The SMILES string of the molecule is N#Cc1cc2cc(-c3ccc(C(=O)N4CCN(C(=O)C5CCO5)CC4)cc3)ccc2[nH]1. The number of carbonyl (C=O) groups excluding carboxylic acids is 2. The first-order valence-electron chi connectivity index (χ1n) is 10.5. The number of hydrogen-bond acceptors (Lipinski definition) is 4. The number of fused-ring (bicyclic) bond motifs is 1. The Morgan fingerprint density at radius 1 is 0.968 bits per heavy atom. The van der Waals surface area contributed by atoms with Gasteiger partial charge in [-0.3, -0.25) is 9.59 Å². The number of rotatable bonds is 3. The first-order chi connectivity index (χ1) is 15.1. The van der Waals surface area contributed by atoms with Crippen molar-refractivity contribution in [3.63, 3.8) is 0 Å². The normalized spacial score (nSPS) is 18.5. The summed E-state index contributed by atoms with van der Waals surface area (Å²) in [5.41, 5.74) is 4.14. The number of nitrogens with zero attached hydrogens (tertiary/aromatic N) is 3. The van der Waals surface area contributed by atoms with E-state index in [1.165, 1.54) is 0 Å². The molecule has 0 aliphatic carbocycles. The third-order valence-corrected chi connectivity index (χ3v) is 6.06. The minimum atomic E-state index is -0.285. The molecule has 2 aromatic carbocycles. The summed E-state index contributed by atoms with van der Waals surface area (Å²) in [6.45, 7) is 2.81. The number of carbonyl (C=O) groups is 2. The second kappa shape index (κ2) is 7.89. The molecule has 1 unspecified atom stereocenters. The Bertz CT molecular complexity index is 1180. The van der Waals surface area contributed by atoms with E-state index in [9.17, 15) is 9.59 Å². The highest BCUT2D eigenvalue weighted by molar-refractivity contribution is 5.95. The number of amides is 2. The van der Waals surface area contributed by atoms with Crippen molar-refractivity contribution in [1.29, 1.82) is 5.26 Å². The highest BCUT2D eigenvalue weighted by Crippen LogP contribution is 2.26. The zero-order chi connectivity index (χ0) is 21.4. The molecule has 7 nitrogen and oxygen atoms in total. The lowest BCUT2D eigenvalue weighted by atomic mass is 10.0. The quantitative estimate of drug-likeness (QED) is 0.714. The van der Waals surface area contributed by atoms with E-state index < -0.39 is 0 Å². The second-order valence-corrected chi connectivity index (χ2v) is 7.94. The van der Waals surface area contributed by atoms with Gasteiger partial charge in [-0.05, 0) is 41.5 Å². The largest absolute Gasteiger partial charge is 0.368 e. The van der Waals surface area contributed by atoms with Crippen LogP contribution in [0.1, 0.15) is 22.5 Å². The molecule has 2 aliphatic rings. The van der Waals surface area contributed by atoms with Gasteiger partial charge in [0.05, 0.1) is 6.61 Å². The van der Waals surface area contributed by atoms with Gasteiger partial charge in [0.15, 0.2) is 0 Å². The Kier molecular flexibility index (Phi) is 4.92. The minimum Gasteiger partial charge on any atom is -0.368 e. The Labute approximate surface area is 179 Å². The van der Waals surface area contributed by atoms with Gasteiger partial charge in [-0.1, -0.05) is 18.2 Å². The summed E-state index contributed by atoms with van der Waals surface area (Å²) >= 11 is 0. The molecule has 5 rings (SSSR count). The van der Waals surface area contributed by atoms with Crippen LogP contribution in [0, 0.1) is 11.3 Å². The smallest absolute Gasteiger partial charge is 0.253 e. The van der Waals surface area contributed by atoms with Gasteiger partial charge in [0.2, 0.25) is 0 Å². The van der Waals surface area contributed by atoms with E-state index in [-0.39, 0.29) is 17.9 Å². The van der Waals surface area contributed by atoms with E-state index in [4.69, 9.17) is 10.00 Å². The fraction of sp³-hybridized carbons (Fsp3) is 0.292. The van der Waals surface area contributed by atoms with Crippen LogP contribution >= 0.6 is 0 Å². The van der Waals surface area contributed by atoms with Crippen molar-refractivity contribution in [1.82, 2.24) is 14.8 Å². The fourth-order valence-corrected chi connectivity index (χ4v) is 4.12. The molecule has 31 heavy (non-hydrogen) atoms. The van der Waals surface area contributed by atoms with Gasteiger partial charge in [-0.25, -0.2) is 0 Å². The predicted octanol–water partition coefficient (Wildman–Crippen LogP) is 2.78. The van der Waals surface area contributed by atoms with E-state index in [0.717, 1.165) is 28.5 Å². The summed E-state index contributed by atoms with van der Waals surface area (Å²) in [5, 5.41) is 10.0. The average molecular weight is 414 g/mol. The van der Waals surface area contributed by atoms with Gasteiger partial charge in [0.1, 0.15) is 17.9 Å². The first-order valence-corrected chi connectivity index (χ1v) is 10.5. The van der Waals surface area contributed by atoms with E-state index in [2.05, 4.69) is 11.1 Å². The van der Waals surface area contributed by atoms with Gasteiger partial charge in [0.25, 0.3) is 11.8 Å². The van der Waals surface area contributed by atoms with Gasteiger partial charge < -0.3 is 19.5 Å². The first kappa shape index (κ1) is 19.3. The molecule has 0 spiro atoms. The van der Waals surface area contributed by atoms with Crippen molar-refractivity contribution in [2.24, 2.45) is 0 Å². The van der Waals surface area contributed by atoms with Crippen LogP contribution in [0.15, 0.2) is 48.5 Å². The Morgan fingerprint density at radius 2 is 1.65 bits per heavy atom. The fourth-order valence-electron chi connectivity index (χ4n) is 4.12. The Morgan fingerprint density at radius 3 is 2.29 bits per heavy atom. The molecular weight excluding hydrogens is 392 g/mol. The highest BCUT2D eigenvalue weighted by atomic mass is 16.5. The van der Waals surface area contributed by atoms with Gasteiger partial charge in [-0.15, -0.1) is 0 Å². The number of nitrogens with one attached hydrogen (secondary N) is 1. The molecule has 1 aromatic heterocycles. The van der Waals surface area contributed by atoms with Crippen LogP contribution in [0.5, 0.6) is 0 Å². The van der Waals surface area contributed by atoms with E-state index in [0.29, 0.717) is 44.0 Å². The van der Waals surface area contributed by atoms with Crippen molar-refractivity contribution in [3.05, 3.63) is 59.8 Å². The summed E-state index contributed by atoms with van der Waals surface area (Å²) in [6, 6.07) is 17.5. The van der Waals surface area contributed by atoms with Crippen molar-refractivity contribution < 1.29 is 14.3 Å². The second-order valence-electron chi connectivity index (χ2n) is 7.94. The lowest BCUT2D eigenvalue weighted by Crippen LogP contribution is -2.54. The number of benzene rings is 2. The number of ether oxygens (including phenoxy) is 1. The zero-order valence-electron chi connectivity index (χ0n) is 17.0. The molecule has 2 aliphatic heterocycles. The topological polar surface area (TPSA) is 89.4 Å². The molecule has 0 bridgehead atoms. The number of H-pyrrole nitrogens is 1. The number of nitriles is 1. The Hall–Kier alpha value is -3.63. The summed E-state index contributed by atoms with van der Waals surface area (Å²) in [4.78, 5) is 31.8. The van der Waals surface area contributed by atoms with Crippen LogP contribution in [-0.2, 0) is 9.53 Å². The summed E-state index contributed by atoms with van der Waals surface area (Å²) in [6.07, 6.45) is 0.507. The summed E-state index contributed by atoms with van der Waals surface area (Å²) in [5.74, 6) is 0.0299. The van der Waals surface area contributed by atoms with Crippen molar-refractivity contribution in [3.8, 4) is 17.2 Å². The van der Waals surface area contributed by atoms with Gasteiger partial charge >= 0.3 is 0 Å². The highest BCUT2D eigenvalue weighted by Gasteiger charge is 2.33. The third-order valence-electron chi connectivity index (χ3n) is 6.06. The maximum atomic E-state index is 12.9. The van der Waals surface area contributed by atoms with E-state index >= 15 is 0 Å². The van der Waals surface area contributed by atoms with Crippen molar-refractivity contribution >= 4 is 22.7 Å². The number of hydrogen-bond donors (Lipinski definition) is 1. The number of aromatic nitrogens is 1. The third kappa shape index (κ3) is 3.66. The zero-order valence-corrected chi connectivity index (χ0v) is 17.0. The van der Waals surface area contributed by atoms with Crippen molar-refractivity contribution in [2.45, 2.75) is 12.5 Å². The molecular formula is C24H22N4O3. The number of aromatic amines is 1. The molecule has 156 valence electrons. The van der Waals surface area contributed by atoms with Crippen LogP contribution < -0.4 is 0 Å². The maximum absolute atomic E-state index is 12.9. The molecule has 1 atom stereocenters. The average Bonchev–Trinajstić information content (AvgIpc) is 3.20. The number of piperazine rings is 1. The molecule has 1 N–H and O–H groups in total. The molecule has 3 aromatic rings. The molecule has 0 radical (unpaired) electrons.